The summed E-state index contributed by atoms with van der Waals surface area (Å²) in [5.74, 6) is 0.747. The Bertz CT molecular complexity index is 325. The molecule has 1 aromatic heterocycles. The summed E-state index contributed by atoms with van der Waals surface area (Å²) in [6.07, 6.45) is 3.66. The van der Waals surface area contributed by atoms with Crippen molar-refractivity contribution in [1.29, 1.82) is 0 Å². The van der Waals surface area contributed by atoms with Gasteiger partial charge in [0.05, 0.1) is 18.8 Å². The maximum Gasteiger partial charge on any atom is 0.237 e. The van der Waals surface area contributed by atoms with Crippen molar-refractivity contribution in [3.63, 3.8) is 0 Å². The zero-order valence-electron chi connectivity index (χ0n) is 10.7. The summed E-state index contributed by atoms with van der Waals surface area (Å²) in [7, 11) is 0. The monoisotopic (exact) mass is 239 g/mol. The highest BCUT2D eigenvalue weighted by Crippen LogP contribution is 1.98. The predicted molar refractivity (Wildman–Crippen MR) is 65.3 cm³/mol. The molecule has 1 aromatic rings. The van der Waals surface area contributed by atoms with Crippen LogP contribution in [-0.2, 0) is 11.3 Å². The second-order valence-corrected chi connectivity index (χ2v) is 4.28. The normalized spacial score (nSPS) is 14.3. The first-order valence-corrected chi connectivity index (χ1v) is 6.06. The van der Waals surface area contributed by atoms with E-state index in [9.17, 15) is 4.79 Å². The van der Waals surface area contributed by atoms with E-state index in [1.165, 1.54) is 0 Å². The average Bonchev–Trinajstić information content (AvgIpc) is 2.78. The van der Waals surface area contributed by atoms with Crippen molar-refractivity contribution < 1.29 is 9.32 Å². The Balaban J connectivity index is 2.26. The Hall–Kier alpha value is -1.36. The van der Waals surface area contributed by atoms with Crippen LogP contribution in [0.4, 0.5) is 0 Å². The van der Waals surface area contributed by atoms with Gasteiger partial charge < -0.3 is 9.84 Å². The molecule has 0 aliphatic rings. The van der Waals surface area contributed by atoms with E-state index in [0.29, 0.717) is 6.54 Å². The molecule has 0 fully saturated rings. The van der Waals surface area contributed by atoms with Crippen molar-refractivity contribution in [2.24, 2.45) is 0 Å². The van der Waals surface area contributed by atoms with Gasteiger partial charge >= 0.3 is 0 Å². The predicted octanol–water partition coefficient (Wildman–Crippen LogP) is 1.46. The van der Waals surface area contributed by atoms with E-state index in [4.69, 9.17) is 4.52 Å². The number of rotatable bonds is 7. The summed E-state index contributed by atoms with van der Waals surface area (Å²) in [5.41, 5.74) is 0. The minimum atomic E-state index is -0.237. The smallest absolute Gasteiger partial charge is 0.237 e. The third kappa shape index (κ3) is 4.99. The van der Waals surface area contributed by atoms with Crippen LogP contribution in [-0.4, -0.2) is 23.1 Å². The van der Waals surface area contributed by atoms with Crippen molar-refractivity contribution >= 4 is 5.91 Å². The second kappa shape index (κ2) is 7.06. The number of carbonyl (C=O) groups is 1. The Morgan fingerprint density at radius 3 is 2.88 bits per heavy atom. The van der Waals surface area contributed by atoms with Crippen LogP contribution in [0, 0.1) is 0 Å². The largest absolute Gasteiger partial charge is 0.360 e. The van der Waals surface area contributed by atoms with Gasteiger partial charge in [0.1, 0.15) is 5.76 Å². The first kappa shape index (κ1) is 13.7. The highest BCUT2D eigenvalue weighted by molar-refractivity contribution is 5.81. The SMILES string of the molecule is CCCC(C)NC(=O)C(C)NCc1ccno1. The summed E-state index contributed by atoms with van der Waals surface area (Å²) >= 11 is 0. The molecule has 5 heteroatoms. The molecule has 0 bridgehead atoms. The summed E-state index contributed by atoms with van der Waals surface area (Å²) in [4.78, 5) is 11.8. The van der Waals surface area contributed by atoms with E-state index in [1.54, 1.807) is 12.3 Å². The van der Waals surface area contributed by atoms with E-state index in [-0.39, 0.29) is 18.0 Å². The molecule has 0 aliphatic carbocycles. The Kier molecular flexibility index (Phi) is 5.69. The summed E-state index contributed by atoms with van der Waals surface area (Å²) in [6.45, 7) is 6.47. The first-order valence-electron chi connectivity index (χ1n) is 6.06. The first-order chi connectivity index (χ1) is 8.13. The number of nitrogens with zero attached hydrogens (tertiary/aromatic N) is 1. The lowest BCUT2D eigenvalue weighted by molar-refractivity contribution is -0.123. The number of carbonyl (C=O) groups excluding carboxylic acids is 1. The van der Waals surface area contributed by atoms with Gasteiger partial charge in [-0.05, 0) is 20.3 Å². The van der Waals surface area contributed by atoms with Crippen molar-refractivity contribution in [1.82, 2.24) is 15.8 Å². The van der Waals surface area contributed by atoms with Gasteiger partial charge in [-0.15, -0.1) is 0 Å². The van der Waals surface area contributed by atoms with E-state index < -0.39 is 0 Å². The van der Waals surface area contributed by atoms with E-state index in [2.05, 4.69) is 22.7 Å². The molecule has 1 heterocycles. The van der Waals surface area contributed by atoms with Crippen LogP contribution >= 0.6 is 0 Å². The lowest BCUT2D eigenvalue weighted by Gasteiger charge is -2.17. The van der Waals surface area contributed by atoms with Crippen LogP contribution in [0.1, 0.15) is 39.4 Å². The lowest BCUT2D eigenvalue weighted by atomic mass is 10.2. The molecule has 0 radical (unpaired) electrons. The molecule has 96 valence electrons. The standard InChI is InChI=1S/C12H21N3O2/c1-4-5-9(2)15-12(16)10(3)13-8-11-6-7-14-17-11/h6-7,9-10,13H,4-5,8H2,1-3H3,(H,15,16). The van der Waals surface area contributed by atoms with Crippen LogP contribution < -0.4 is 10.6 Å². The van der Waals surface area contributed by atoms with Gasteiger partial charge in [0.15, 0.2) is 0 Å². The topological polar surface area (TPSA) is 67.2 Å². The van der Waals surface area contributed by atoms with Gasteiger partial charge in [-0.3, -0.25) is 10.1 Å². The molecule has 5 nitrogen and oxygen atoms in total. The number of nitrogens with one attached hydrogen (secondary N) is 2. The maximum absolute atomic E-state index is 11.8. The van der Waals surface area contributed by atoms with Crippen molar-refractivity contribution in [2.45, 2.75) is 52.2 Å². The molecule has 0 aromatic carbocycles. The quantitative estimate of drug-likeness (QED) is 0.756. The average molecular weight is 239 g/mol. The molecule has 0 saturated heterocycles. The van der Waals surface area contributed by atoms with Crippen LogP contribution in [0.2, 0.25) is 0 Å². The van der Waals surface area contributed by atoms with Crippen LogP contribution in [0.3, 0.4) is 0 Å². The molecule has 1 rings (SSSR count). The molecule has 2 unspecified atom stereocenters. The third-order valence-electron chi connectivity index (χ3n) is 2.58. The molecule has 2 N–H and O–H groups in total. The van der Waals surface area contributed by atoms with Crippen molar-refractivity contribution in [3.05, 3.63) is 18.0 Å². The zero-order valence-corrected chi connectivity index (χ0v) is 10.7. The minimum absolute atomic E-state index is 0.0189. The van der Waals surface area contributed by atoms with Crippen molar-refractivity contribution in [2.75, 3.05) is 0 Å². The Morgan fingerprint density at radius 2 is 2.29 bits per heavy atom. The van der Waals surface area contributed by atoms with E-state index in [0.717, 1.165) is 18.6 Å². The van der Waals surface area contributed by atoms with Gasteiger partial charge in [-0.25, -0.2) is 0 Å². The highest BCUT2D eigenvalue weighted by atomic mass is 16.5. The Labute approximate surface area is 102 Å². The molecule has 1 amide bonds. The molecule has 2 atom stereocenters. The van der Waals surface area contributed by atoms with Crippen molar-refractivity contribution in [3.8, 4) is 0 Å². The van der Waals surface area contributed by atoms with Crippen LogP contribution in [0.25, 0.3) is 0 Å². The fourth-order valence-corrected chi connectivity index (χ4v) is 1.55. The molecule has 0 saturated carbocycles. The van der Waals surface area contributed by atoms with Gasteiger partial charge in [0, 0.05) is 12.1 Å². The van der Waals surface area contributed by atoms with Gasteiger partial charge in [0.2, 0.25) is 5.91 Å². The number of hydrogen-bond donors (Lipinski definition) is 2. The molecular weight excluding hydrogens is 218 g/mol. The van der Waals surface area contributed by atoms with Gasteiger partial charge in [-0.2, -0.15) is 0 Å². The number of hydrogen-bond acceptors (Lipinski definition) is 4. The highest BCUT2D eigenvalue weighted by Gasteiger charge is 2.14. The summed E-state index contributed by atoms with van der Waals surface area (Å²) in [5, 5.41) is 9.65. The minimum Gasteiger partial charge on any atom is -0.360 e. The van der Waals surface area contributed by atoms with Crippen LogP contribution in [0.15, 0.2) is 16.8 Å². The third-order valence-corrected chi connectivity index (χ3v) is 2.58. The molecular formula is C12H21N3O2. The van der Waals surface area contributed by atoms with Gasteiger partial charge in [-0.1, -0.05) is 18.5 Å². The Morgan fingerprint density at radius 1 is 1.53 bits per heavy atom. The number of amides is 1. The van der Waals surface area contributed by atoms with E-state index >= 15 is 0 Å². The maximum atomic E-state index is 11.8. The zero-order chi connectivity index (χ0) is 12.7. The summed E-state index contributed by atoms with van der Waals surface area (Å²) in [6, 6.07) is 1.76. The fraction of sp³-hybridized carbons (Fsp3) is 0.667. The fourth-order valence-electron chi connectivity index (χ4n) is 1.55. The van der Waals surface area contributed by atoms with E-state index in [1.807, 2.05) is 13.8 Å². The molecule has 0 aliphatic heterocycles. The molecule has 0 spiro atoms. The molecule has 17 heavy (non-hydrogen) atoms. The second-order valence-electron chi connectivity index (χ2n) is 4.28. The lowest BCUT2D eigenvalue weighted by Crippen LogP contribution is -2.45. The summed E-state index contributed by atoms with van der Waals surface area (Å²) < 4.78 is 4.94. The van der Waals surface area contributed by atoms with Crippen LogP contribution in [0.5, 0.6) is 0 Å². The number of aromatic nitrogens is 1. The van der Waals surface area contributed by atoms with Gasteiger partial charge in [0.25, 0.3) is 0 Å².